The maximum absolute atomic E-state index is 14.0. The summed E-state index contributed by atoms with van der Waals surface area (Å²) in [5, 5.41) is 7.36. The number of rotatable bonds is 5. The quantitative estimate of drug-likeness (QED) is 0.624. The predicted octanol–water partition coefficient (Wildman–Crippen LogP) is 4.51. The second-order valence-electron chi connectivity index (χ2n) is 7.25. The van der Waals surface area contributed by atoms with Crippen molar-refractivity contribution in [2.24, 2.45) is 0 Å². The molecule has 0 radical (unpaired) electrons. The summed E-state index contributed by atoms with van der Waals surface area (Å²) in [5.74, 6) is 0.00000796. The largest absolute Gasteiger partial charge is 0.489 e. The first kappa shape index (κ1) is 21.1. The van der Waals surface area contributed by atoms with Crippen LogP contribution in [0.1, 0.15) is 23.1 Å². The molecule has 1 amide bonds. The number of carbonyl (C=O) groups excluding carboxylic acids is 1. The van der Waals surface area contributed by atoms with Crippen LogP contribution in [0, 0.1) is 18.6 Å². The molecule has 6 nitrogen and oxygen atoms in total. The van der Waals surface area contributed by atoms with E-state index in [1.165, 1.54) is 4.68 Å². The first-order chi connectivity index (χ1) is 14.9. The Morgan fingerprint density at radius 1 is 1.23 bits per heavy atom. The molecule has 31 heavy (non-hydrogen) atoms. The van der Waals surface area contributed by atoms with Crippen LogP contribution in [0.5, 0.6) is 11.5 Å². The lowest BCUT2D eigenvalue weighted by atomic mass is 10.1. The highest BCUT2D eigenvalue weighted by Crippen LogP contribution is 2.38. The molecule has 0 aliphatic carbocycles. The lowest BCUT2D eigenvalue weighted by molar-refractivity contribution is -0.115. The zero-order valence-electron chi connectivity index (χ0n) is 16.8. The summed E-state index contributed by atoms with van der Waals surface area (Å²) in [7, 11) is 0. The van der Waals surface area contributed by atoms with Gasteiger partial charge in [0.05, 0.1) is 37.4 Å². The van der Waals surface area contributed by atoms with Gasteiger partial charge in [-0.3, -0.25) is 4.79 Å². The summed E-state index contributed by atoms with van der Waals surface area (Å²) >= 11 is 6.30. The van der Waals surface area contributed by atoms with Gasteiger partial charge in [-0.2, -0.15) is 5.10 Å². The SMILES string of the molecule is Cc1cnn(Cc2cc(F)ccc2F)c1NC(=O)Cc1cc(Cl)c2c(c1)OCCCO2. The topological polar surface area (TPSA) is 65.4 Å². The van der Waals surface area contributed by atoms with Gasteiger partial charge in [0.2, 0.25) is 5.91 Å². The molecular formula is C22H20ClF2N3O3. The van der Waals surface area contributed by atoms with Crippen molar-refractivity contribution >= 4 is 23.3 Å². The molecule has 3 aromatic rings. The van der Waals surface area contributed by atoms with Crippen molar-refractivity contribution in [1.82, 2.24) is 9.78 Å². The van der Waals surface area contributed by atoms with Gasteiger partial charge in [0.15, 0.2) is 11.5 Å². The number of aromatic nitrogens is 2. The van der Waals surface area contributed by atoms with E-state index in [0.717, 1.165) is 24.6 Å². The minimum Gasteiger partial charge on any atom is -0.489 e. The highest BCUT2D eigenvalue weighted by atomic mass is 35.5. The highest BCUT2D eigenvalue weighted by molar-refractivity contribution is 6.32. The number of carbonyl (C=O) groups is 1. The fraction of sp³-hybridized carbons (Fsp3) is 0.273. The third-order valence-corrected chi connectivity index (χ3v) is 5.12. The van der Waals surface area contributed by atoms with Crippen LogP contribution in [0.25, 0.3) is 0 Å². The molecule has 2 heterocycles. The minimum absolute atomic E-state index is 0.0249. The molecule has 0 bridgehead atoms. The van der Waals surface area contributed by atoms with Gasteiger partial charge < -0.3 is 14.8 Å². The highest BCUT2D eigenvalue weighted by Gasteiger charge is 2.18. The van der Waals surface area contributed by atoms with Gasteiger partial charge in [-0.1, -0.05) is 11.6 Å². The van der Waals surface area contributed by atoms with E-state index in [1.807, 2.05) is 0 Å². The van der Waals surface area contributed by atoms with E-state index >= 15 is 0 Å². The summed E-state index contributed by atoms with van der Waals surface area (Å²) < 4.78 is 40.2. The number of ether oxygens (including phenoxy) is 2. The van der Waals surface area contributed by atoms with Gasteiger partial charge in [0.1, 0.15) is 17.5 Å². The smallest absolute Gasteiger partial charge is 0.229 e. The van der Waals surface area contributed by atoms with E-state index in [4.69, 9.17) is 21.1 Å². The van der Waals surface area contributed by atoms with Crippen LogP contribution < -0.4 is 14.8 Å². The van der Waals surface area contributed by atoms with E-state index in [1.54, 1.807) is 25.3 Å². The number of benzene rings is 2. The van der Waals surface area contributed by atoms with E-state index in [0.29, 0.717) is 46.7 Å². The predicted molar refractivity (Wildman–Crippen MR) is 112 cm³/mol. The molecule has 162 valence electrons. The zero-order valence-corrected chi connectivity index (χ0v) is 17.5. The fourth-order valence-corrected chi connectivity index (χ4v) is 3.62. The van der Waals surface area contributed by atoms with Crippen molar-refractivity contribution in [3.8, 4) is 11.5 Å². The number of hydrogen-bond donors (Lipinski definition) is 1. The van der Waals surface area contributed by atoms with Gasteiger partial charge in [0, 0.05) is 17.5 Å². The summed E-state index contributed by atoms with van der Waals surface area (Å²) in [6, 6.07) is 6.63. The Balaban J connectivity index is 1.51. The normalized spacial score (nSPS) is 13.0. The Hall–Kier alpha value is -3.13. The van der Waals surface area contributed by atoms with Gasteiger partial charge in [-0.05, 0) is 42.8 Å². The van der Waals surface area contributed by atoms with Crippen LogP contribution >= 0.6 is 11.6 Å². The maximum atomic E-state index is 14.0. The van der Waals surface area contributed by atoms with E-state index < -0.39 is 11.6 Å². The van der Waals surface area contributed by atoms with Crippen LogP contribution in [0.3, 0.4) is 0 Å². The second-order valence-corrected chi connectivity index (χ2v) is 7.66. The first-order valence-electron chi connectivity index (χ1n) is 9.75. The molecular weight excluding hydrogens is 428 g/mol. The summed E-state index contributed by atoms with van der Waals surface area (Å²) in [6.07, 6.45) is 2.34. The van der Waals surface area contributed by atoms with E-state index in [-0.39, 0.29) is 24.4 Å². The lowest BCUT2D eigenvalue weighted by Gasteiger charge is -2.13. The summed E-state index contributed by atoms with van der Waals surface area (Å²) in [6.45, 7) is 2.77. The van der Waals surface area contributed by atoms with Crippen LogP contribution in [-0.2, 0) is 17.8 Å². The Morgan fingerprint density at radius 2 is 2.03 bits per heavy atom. The Bertz CT molecular complexity index is 1130. The second kappa shape index (κ2) is 8.93. The van der Waals surface area contributed by atoms with Crippen molar-refractivity contribution in [1.29, 1.82) is 0 Å². The summed E-state index contributed by atoms with van der Waals surface area (Å²) in [4.78, 5) is 12.7. The third-order valence-electron chi connectivity index (χ3n) is 4.83. The number of anilines is 1. The number of nitrogens with one attached hydrogen (secondary N) is 1. The van der Waals surface area contributed by atoms with Gasteiger partial charge >= 0.3 is 0 Å². The van der Waals surface area contributed by atoms with Gasteiger partial charge in [-0.25, -0.2) is 13.5 Å². The maximum Gasteiger partial charge on any atom is 0.229 e. The molecule has 1 aliphatic rings. The fourth-order valence-electron chi connectivity index (χ4n) is 3.34. The third kappa shape index (κ3) is 4.80. The first-order valence-corrected chi connectivity index (χ1v) is 10.1. The molecule has 2 aromatic carbocycles. The average molecular weight is 448 g/mol. The van der Waals surface area contributed by atoms with Crippen LogP contribution in [0.2, 0.25) is 5.02 Å². The molecule has 0 fully saturated rings. The van der Waals surface area contributed by atoms with Crippen LogP contribution in [0.15, 0.2) is 36.5 Å². The Labute approximate surface area is 182 Å². The van der Waals surface area contributed by atoms with Crippen molar-refractivity contribution in [2.45, 2.75) is 26.3 Å². The van der Waals surface area contributed by atoms with E-state index in [2.05, 4.69) is 10.4 Å². The van der Waals surface area contributed by atoms with Crippen molar-refractivity contribution < 1.29 is 23.0 Å². The molecule has 1 aliphatic heterocycles. The molecule has 0 spiro atoms. The lowest BCUT2D eigenvalue weighted by Crippen LogP contribution is -2.19. The van der Waals surface area contributed by atoms with E-state index in [9.17, 15) is 13.6 Å². The Morgan fingerprint density at radius 3 is 2.87 bits per heavy atom. The minimum atomic E-state index is -0.548. The Kier molecular flexibility index (Phi) is 6.08. The van der Waals surface area contributed by atoms with Crippen molar-refractivity contribution in [3.63, 3.8) is 0 Å². The average Bonchev–Trinajstić information content (AvgIpc) is 2.91. The summed E-state index contributed by atoms with van der Waals surface area (Å²) in [5.41, 5.74) is 1.49. The zero-order chi connectivity index (χ0) is 22.0. The van der Waals surface area contributed by atoms with Gasteiger partial charge in [0.25, 0.3) is 0 Å². The molecule has 0 unspecified atom stereocenters. The molecule has 1 N–H and O–H groups in total. The molecule has 0 atom stereocenters. The van der Waals surface area contributed by atoms with Crippen molar-refractivity contribution in [2.75, 3.05) is 18.5 Å². The standard InChI is InChI=1S/C22H20ClF2N3O3/c1-13-11-26-28(12-15-10-16(24)3-4-18(15)25)22(13)27-20(29)9-14-7-17(23)21-19(8-14)30-5-2-6-31-21/h3-4,7-8,10-11H,2,5-6,9,12H2,1H3,(H,27,29). The molecule has 0 saturated heterocycles. The molecule has 4 rings (SSSR count). The number of fused-ring (bicyclic) bond motifs is 1. The van der Waals surface area contributed by atoms with Gasteiger partial charge in [-0.15, -0.1) is 0 Å². The molecule has 0 saturated carbocycles. The number of amides is 1. The number of hydrogen-bond acceptors (Lipinski definition) is 4. The van der Waals surface area contributed by atoms with Crippen molar-refractivity contribution in [3.05, 3.63) is 69.9 Å². The monoisotopic (exact) mass is 447 g/mol. The number of nitrogens with zero attached hydrogens (tertiary/aromatic N) is 2. The molecule has 1 aromatic heterocycles. The molecule has 9 heteroatoms. The number of halogens is 3. The van der Waals surface area contributed by atoms with Crippen LogP contribution in [-0.4, -0.2) is 28.9 Å². The van der Waals surface area contributed by atoms with Crippen LogP contribution in [0.4, 0.5) is 14.6 Å². The number of aryl methyl sites for hydroxylation is 1.